The van der Waals surface area contributed by atoms with Crippen LogP contribution in [0.2, 0.25) is 0 Å². The van der Waals surface area contributed by atoms with E-state index >= 15 is 0 Å². The lowest BCUT2D eigenvalue weighted by molar-refractivity contribution is -0.136. The van der Waals surface area contributed by atoms with Gasteiger partial charge in [-0.25, -0.2) is 0 Å². The van der Waals surface area contributed by atoms with Gasteiger partial charge in [0.2, 0.25) is 5.91 Å². The maximum atomic E-state index is 11.8. The number of benzene rings is 1. The molecule has 4 heteroatoms. The molecule has 1 amide bonds. The predicted molar refractivity (Wildman–Crippen MR) is 75.1 cm³/mol. The molecule has 0 saturated heterocycles. The average molecular weight is 263 g/mol. The molecular weight excluding hydrogens is 242 g/mol. The fourth-order valence-corrected chi connectivity index (χ4v) is 1.93. The molecule has 0 saturated carbocycles. The number of nitrogens with one attached hydrogen (secondary N) is 1. The van der Waals surface area contributed by atoms with Crippen molar-refractivity contribution in [3.8, 4) is 0 Å². The number of carbonyl (C=O) groups excluding carboxylic acids is 1. The highest BCUT2D eigenvalue weighted by atomic mass is 16.4. The number of carboxylic acids is 1. The Morgan fingerprint density at radius 3 is 2.21 bits per heavy atom. The Labute approximate surface area is 113 Å². The molecule has 1 aromatic rings. The van der Waals surface area contributed by atoms with E-state index < -0.39 is 5.97 Å². The van der Waals surface area contributed by atoms with Gasteiger partial charge in [-0.05, 0) is 23.6 Å². The fourth-order valence-electron chi connectivity index (χ4n) is 1.93. The largest absolute Gasteiger partial charge is 0.481 e. The maximum Gasteiger partial charge on any atom is 0.307 e. The third-order valence-electron chi connectivity index (χ3n) is 3.22. The molecule has 0 unspecified atom stereocenters. The van der Waals surface area contributed by atoms with Crippen LogP contribution in [0.4, 0.5) is 5.69 Å². The van der Waals surface area contributed by atoms with Crippen molar-refractivity contribution >= 4 is 17.6 Å². The molecule has 4 nitrogen and oxygen atoms in total. The summed E-state index contributed by atoms with van der Waals surface area (Å²) >= 11 is 0. The zero-order valence-corrected chi connectivity index (χ0v) is 11.5. The molecule has 1 aromatic carbocycles. The van der Waals surface area contributed by atoms with Crippen LogP contribution in [0.3, 0.4) is 0 Å². The first-order valence-electron chi connectivity index (χ1n) is 6.65. The van der Waals surface area contributed by atoms with Crippen molar-refractivity contribution in [2.75, 3.05) is 5.32 Å². The highest BCUT2D eigenvalue weighted by molar-refractivity contribution is 5.90. The smallest absolute Gasteiger partial charge is 0.307 e. The Morgan fingerprint density at radius 1 is 1.16 bits per heavy atom. The molecular formula is C15H21NO3. The van der Waals surface area contributed by atoms with Gasteiger partial charge >= 0.3 is 5.97 Å². The molecule has 0 aromatic heterocycles. The molecule has 0 heterocycles. The van der Waals surface area contributed by atoms with Gasteiger partial charge in [0.15, 0.2) is 0 Å². The van der Waals surface area contributed by atoms with Crippen LogP contribution < -0.4 is 5.32 Å². The van der Waals surface area contributed by atoms with Crippen LogP contribution in [-0.4, -0.2) is 17.0 Å². The predicted octanol–water partition coefficient (Wildman–Crippen LogP) is 3.08. The molecule has 0 aliphatic heterocycles. The quantitative estimate of drug-likeness (QED) is 0.794. The van der Waals surface area contributed by atoms with E-state index in [0.29, 0.717) is 18.0 Å². The van der Waals surface area contributed by atoms with E-state index in [2.05, 4.69) is 19.2 Å². The van der Waals surface area contributed by atoms with Gasteiger partial charge in [-0.2, -0.15) is 0 Å². The summed E-state index contributed by atoms with van der Waals surface area (Å²) in [7, 11) is 0. The molecule has 0 atom stereocenters. The Morgan fingerprint density at radius 2 is 1.74 bits per heavy atom. The summed E-state index contributed by atoms with van der Waals surface area (Å²) in [5, 5.41) is 11.5. The Kier molecular flexibility index (Phi) is 6.06. The second-order valence-corrected chi connectivity index (χ2v) is 4.70. The lowest BCUT2D eigenvalue weighted by Crippen LogP contribution is -2.15. The Bertz CT molecular complexity index is 422. The number of carbonyl (C=O) groups is 2. The van der Waals surface area contributed by atoms with Crippen molar-refractivity contribution in [3.05, 3.63) is 29.8 Å². The minimum atomic E-state index is -0.856. The first kappa shape index (κ1) is 15.2. The Hall–Kier alpha value is -1.84. The topological polar surface area (TPSA) is 66.4 Å². The van der Waals surface area contributed by atoms with Crippen molar-refractivity contribution in [2.24, 2.45) is 5.92 Å². The van der Waals surface area contributed by atoms with Crippen LogP contribution in [0, 0.1) is 5.92 Å². The van der Waals surface area contributed by atoms with Gasteiger partial charge in [0.1, 0.15) is 0 Å². The van der Waals surface area contributed by atoms with E-state index in [1.165, 1.54) is 0 Å². The highest BCUT2D eigenvalue weighted by Crippen LogP contribution is 2.15. The number of carboxylic acid groups (broad SMARTS) is 1. The number of rotatable bonds is 7. The van der Waals surface area contributed by atoms with E-state index in [0.717, 1.165) is 18.4 Å². The zero-order chi connectivity index (χ0) is 14.3. The van der Waals surface area contributed by atoms with Crippen molar-refractivity contribution in [3.63, 3.8) is 0 Å². The summed E-state index contributed by atoms with van der Waals surface area (Å²) in [5.41, 5.74) is 1.44. The van der Waals surface area contributed by atoms with Crippen LogP contribution in [0.1, 0.15) is 38.7 Å². The van der Waals surface area contributed by atoms with Crippen molar-refractivity contribution in [1.82, 2.24) is 0 Å². The number of aliphatic carboxylic acids is 1. The lowest BCUT2D eigenvalue weighted by atomic mass is 9.99. The van der Waals surface area contributed by atoms with Crippen LogP contribution in [0.5, 0.6) is 0 Å². The second kappa shape index (κ2) is 7.56. The monoisotopic (exact) mass is 263 g/mol. The molecule has 0 radical (unpaired) electrons. The maximum absolute atomic E-state index is 11.8. The molecule has 0 fully saturated rings. The summed E-state index contributed by atoms with van der Waals surface area (Å²) in [6, 6.07) is 6.92. The zero-order valence-electron chi connectivity index (χ0n) is 11.5. The standard InChI is InChI=1S/C15H21NO3/c1-3-11(4-2)9-14(17)16-13-7-5-12(6-8-13)10-15(18)19/h5-8,11H,3-4,9-10H2,1-2H3,(H,16,17)(H,18,19). The first-order chi connectivity index (χ1) is 9.05. The number of hydrogen-bond donors (Lipinski definition) is 2. The van der Waals surface area contributed by atoms with E-state index in [9.17, 15) is 9.59 Å². The summed E-state index contributed by atoms with van der Waals surface area (Å²) in [6.07, 6.45) is 2.54. The van der Waals surface area contributed by atoms with E-state index in [4.69, 9.17) is 5.11 Å². The molecule has 2 N–H and O–H groups in total. The average Bonchev–Trinajstić information content (AvgIpc) is 2.37. The van der Waals surface area contributed by atoms with Gasteiger partial charge in [-0.1, -0.05) is 38.8 Å². The van der Waals surface area contributed by atoms with Gasteiger partial charge in [0, 0.05) is 12.1 Å². The highest BCUT2D eigenvalue weighted by Gasteiger charge is 2.10. The van der Waals surface area contributed by atoms with Crippen LogP contribution in [-0.2, 0) is 16.0 Å². The van der Waals surface area contributed by atoms with Crippen LogP contribution in [0.15, 0.2) is 24.3 Å². The Balaban J connectivity index is 2.53. The van der Waals surface area contributed by atoms with Gasteiger partial charge in [0.25, 0.3) is 0 Å². The van der Waals surface area contributed by atoms with Gasteiger partial charge < -0.3 is 10.4 Å². The summed E-state index contributed by atoms with van der Waals surface area (Å²) in [6.45, 7) is 4.17. The van der Waals surface area contributed by atoms with Crippen molar-refractivity contribution < 1.29 is 14.7 Å². The summed E-state index contributed by atoms with van der Waals surface area (Å²) in [5.74, 6) is -0.420. The van der Waals surface area contributed by atoms with Crippen LogP contribution in [0.25, 0.3) is 0 Å². The molecule has 19 heavy (non-hydrogen) atoms. The van der Waals surface area contributed by atoms with Crippen molar-refractivity contribution in [1.29, 1.82) is 0 Å². The SMILES string of the molecule is CCC(CC)CC(=O)Nc1ccc(CC(=O)O)cc1. The molecule has 0 spiro atoms. The normalized spacial score (nSPS) is 10.5. The molecule has 0 aliphatic carbocycles. The summed E-state index contributed by atoms with van der Waals surface area (Å²) in [4.78, 5) is 22.3. The second-order valence-electron chi connectivity index (χ2n) is 4.70. The minimum Gasteiger partial charge on any atom is -0.481 e. The summed E-state index contributed by atoms with van der Waals surface area (Å²) < 4.78 is 0. The van der Waals surface area contributed by atoms with E-state index in [1.54, 1.807) is 24.3 Å². The molecule has 0 aliphatic rings. The third kappa shape index (κ3) is 5.55. The molecule has 1 rings (SSSR count). The number of anilines is 1. The number of amides is 1. The lowest BCUT2D eigenvalue weighted by Gasteiger charge is -2.12. The minimum absolute atomic E-state index is 0.00195. The van der Waals surface area contributed by atoms with Crippen LogP contribution >= 0.6 is 0 Å². The first-order valence-corrected chi connectivity index (χ1v) is 6.65. The van der Waals surface area contributed by atoms with Gasteiger partial charge in [0.05, 0.1) is 6.42 Å². The van der Waals surface area contributed by atoms with E-state index in [-0.39, 0.29) is 12.3 Å². The van der Waals surface area contributed by atoms with Gasteiger partial charge in [-0.15, -0.1) is 0 Å². The van der Waals surface area contributed by atoms with Gasteiger partial charge in [-0.3, -0.25) is 9.59 Å². The molecule has 0 bridgehead atoms. The third-order valence-corrected chi connectivity index (χ3v) is 3.22. The van der Waals surface area contributed by atoms with E-state index in [1.807, 2.05) is 0 Å². The molecule has 104 valence electrons. The number of hydrogen-bond acceptors (Lipinski definition) is 2. The fraction of sp³-hybridized carbons (Fsp3) is 0.467. The van der Waals surface area contributed by atoms with Crippen molar-refractivity contribution in [2.45, 2.75) is 39.5 Å².